The molecular weight excluding hydrogens is 255 g/mol. The molecule has 2 aromatic heterocycles. The number of carbonyl (C=O) groups is 1. The minimum absolute atomic E-state index is 0.0446. The van der Waals surface area contributed by atoms with Crippen molar-refractivity contribution in [2.24, 2.45) is 0 Å². The normalized spacial score (nSPS) is 10.1. The first-order chi connectivity index (χ1) is 7.66. The summed E-state index contributed by atoms with van der Waals surface area (Å²) < 4.78 is 12.9. The average Bonchev–Trinajstić information content (AvgIpc) is 2.74. The number of rotatable bonds is 2. The Morgan fingerprint density at radius 1 is 1.56 bits per heavy atom. The van der Waals surface area contributed by atoms with Gasteiger partial charge < -0.3 is 0 Å². The number of anilines is 1. The molecule has 0 radical (unpaired) electrons. The highest BCUT2D eigenvalue weighted by atomic mass is 35.5. The van der Waals surface area contributed by atoms with Crippen LogP contribution < -0.4 is 5.32 Å². The van der Waals surface area contributed by atoms with Crippen molar-refractivity contribution in [2.45, 2.75) is 0 Å². The first-order valence-corrected chi connectivity index (χ1v) is 5.31. The van der Waals surface area contributed by atoms with Crippen LogP contribution in [0, 0.1) is 5.82 Å². The third-order valence-electron chi connectivity index (χ3n) is 1.63. The molecule has 0 unspecified atom stereocenters. The molecule has 0 aliphatic rings. The molecule has 0 fully saturated rings. The molecule has 0 saturated heterocycles. The second-order valence-electron chi connectivity index (χ2n) is 2.69. The van der Waals surface area contributed by atoms with Crippen LogP contribution in [0.2, 0.25) is 5.15 Å². The molecule has 82 valence electrons. The minimum Gasteiger partial charge on any atom is -0.296 e. The molecule has 0 aliphatic heterocycles. The Kier molecular flexibility index (Phi) is 3.07. The maximum Gasteiger partial charge on any atom is 0.260 e. The third-order valence-corrected chi connectivity index (χ3v) is 2.54. The maximum absolute atomic E-state index is 12.9. The van der Waals surface area contributed by atoms with Crippen LogP contribution in [0.5, 0.6) is 0 Å². The van der Waals surface area contributed by atoms with E-state index < -0.39 is 11.7 Å². The van der Waals surface area contributed by atoms with E-state index in [0.717, 1.165) is 23.6 Å². The molecule has 0 saturated carbocycles. The Hall–Kier alpha value is -1.60. The molecule has 2 rings (SSSR count). The number of carbonyl (C=O) groups excluding carboxylic acids is 1. The van der Waals surface area contributed by atoms with Gasteiger partial charge in [-0.2, -0.15) is 0 Å². The van der Waals surface area contributed by atoms with Crippen LogP contribution >= 0.6 is 22.9 Å². The highest BCUT2D eigenvalue weighted by Crippen LogP contribution is 2.16. The second kappa shape index (κ2) is 4.50. The SMILES string of the molecule is O=C(Nc1nncs1)c1cc(F)cnc1Cl. The summed E-state index contributed by atoms with van der Waals surface area (Å²) in [6, 6.07) is 1.01. The summed E-state index contributed by atoms with van der Waals surface area (Å²) in [5, 5.41) is 9.82. The lowest BCUT2D eigenvalue weighted by molar-refractivity contribution is 0.102. The fourth-order valence-corrected chi connectivity index (χ4v) is 1.60. The zero-order chi connectivity index (χ0) is 11.5. The Bertz CT molecular complexity index is 519. The van der Waals surface area contributed by atoms with Crippen LogP contribution in [0.1, 0.15) is 10.4 Å². The van der Waals surface area contributed by atoms with Crippen molar-refractivity contribution in [3.63, 3.8) is 0 Å². The van der Waals surface area contributed by atoms with Gasteiger partial charge >= 0.3 is 0 Å². The summed E-state index contributed by atoms with van der Waals surface area (Å²) in [6.45, 7) is 0. The fraction of sp³-hybridized carbons (Fsp3) is 0. The maximum atomic E-state index is 12.9. The summed E-state index contributed by atoms with van der Waals surface area (Å²) in [4.78, 5) is 15.1. The Balaban J connectivity index is 2.24. The van der Waals surface area contributed by atoms with E-state index in [1.165, 1.54) is 5.51 Å². The number of hydrogen-bond acceptors (Lipinski definition) is 5. The van der Waals surface area contributed by atoms with Gasteiger partial charge in [-0.15, -0.1) is 10.2 Å². The van der Waals surface area contributed by atoms with E-state index in [9.17, 15) is 9.18 Å². The molecular formula is C8H4ClFN4OS. The van der Waals surface area contributed by atoms with E-state index in [4.69, 9.17) is 11.6 Å². The molecule has 8 heteroatoms. The predicted octanol–water partition coefficient (Wildman–Crippen LogP) is 1.98. The van der Waals surface area contributed by atoms with Gasteiger partial charge in [-0.1, -0.05) is 22.9 Å². The quantitative estimate of drug-likeness (QED) is 0.837. The molecule has 0 aliphatic carbocycles. The zero-order valence-electron chi connectivity index (χ0n) is 7.65. The van der Waals surface area contributed by atoms with Crippen LogP contribution in [0.3, 0.4) is 0 Å². The fourth-order valence-electron chi connectivity index (χ4n) is 0.974. The van der Waals surface area contributed by atoms with E-state index in [2.05, 4.69) is 20.5 Å². The first-order valence-electron chi connectivity index (χ1n) is 4.05. The van der Waals surface area contributed by atoms with Gasteiger partial charge in [0.15, 0.2) is 0 Å². The lowest BCUT2D eigenvalue weighted by atomic mass is 10.2. The van der Waals surface area contributed by atoms with Gasteiger partial charge in [0.1, 0.15) is 16.5 Å². The van der Waals surface area contributed by atoms with Crippen molar-refractivity contribution < 1.29 is 9.18 Å². The molecule has 5 nitrogen and oxygen atoms in total. The summed E-state index contributed by atoms with van der Waals surface area (Å²) in [5.41, 5.74) is 1.41. The van der Waals surface area contributed by atoms with Crippen LogP contribution in [0.15, 0.2) is 17.8 Å². The molecule has 0 bridgehead atoms. The number of nitrogens with one attached hydrogen (secondary N) is 1. The van der Waals surface area contributed by atoms with Crippen LogP contribution in [-0.4, -0.2) is 21.1 Å². The van der Waals surface area contributed by atoms with E-state index in [0.29, 0.717) is 5.13 Å². The molecule has 2 aromatic rings. The first kappa shape index (κ1) is 10.9. The summed E-state index contributed by atoms with van der Waals surface area (Å²) in [6.07, 6.45) is 0.935. The van der Waals surface area contributed by atoms with Crippen molar-refractivity contribution in [3.05, 3.63) is 34.3 Å². The van der Waals surface area contributed by atoms with E-state index in [1.54, 1.807) is 0 Å². The number of pyridine rings is 1. The van der Waals surface area contributed by atoms with Gasteiger partial charge in [-0.05, 0) is 6.07 Å². The van der Waals surface area contributed by atoms with Gasteiger partial charge in [-0.3, -0.25) is 10.1 Å². The number of amides is 1. The Labute approximate surface area is 98.3 Å². The highest BCUT2D eigenvalue weighted by molar-refractivity contribution is 7.13. The average molecular weight is 259 g/mol. The molecule has 0 spiro atoms. The number of nitrogens with zero attached hydrogens (tertiary/aromatic N) is 3. The third kappa shape index (κ3) is 2.31. The van der Waals surface area contributed by atoms with Crippen molar-refractivity contribution in [3.8, 4) is 0 Å². The van der Waals surface area contributed by atoms with Gasteiger partial charge in [-0.25, -0.2) is 9.37 Å². The van der Waals surface area contributed by atoms with Crippen LogP contribution in [0.4, 0.5) is 9.52 Å². The van der Waals surface area contributed by atoms with Crippen molar-refractivity contribution in [1.29, 1.82) is 0 Å². The zero-order valence-corrected chi connectivity index (χ0v) is 9.22. The van der Waals surface area contributed by atoms with Crippen LogP contribution in [-0.2, 0) is 0 Å². The number of hydrogen-bond donors (Lipinski definition) is 1. The van der Waals surface area contributed by atoms with E-state index >= 15 is 0 Å². The minimum atomic E-state index is -0.633. The standard InChI is InChI=1S/C8H4ClFN4OS/c9-6-5(1-4(10)2-11-6)7(15)13-8-14-12-3-16-8/h1-3H,(H,13,14,15). The Morgan fingerprint density at radius 3 is 3.06 bits per heavy atom. The predicted molar refractivity (Wildman–Crippen MR) is 57.1 cm³/mol. The molecule has 1 N–H and O–H groups in total. The highest BCUT2D eigenvalue weighted by Gasteiger charge is 2.13. The van der Waals surface area contributed by atoms with Crippen molar-refractivity contribution >= 4 is 34.0 Å². The summed E-state index contributed by atoms with van der Waals surface area (Å²) >= 11 is 6.80. The smallest absolute Gasteiger partial charge is 0.260 e. The van der Waals surface area contributed by atoms with Gasteiger partial charge in [0, 0.05) is 0 Å². The van der Waals surface area contributed by atoms with Crippen molar-refractivity contribution in [1.82, 2.24) is 15.2 Å². The van der Waals surface area contributed by atoms with Crippen LogP contribution in [0.25, 0.3) is 0 Å². The van der Waals surface area contributed by atoms with E-state index in [-0.39, 0.29) is 10.7 Å². The lowest BCUT2D eigenvalue weighted by Crippen LogP contribution is -2.13. The molecule has 1 amide bonds. The molecule has 0 atom stereocenters. The molecule has 16 heavy (non-hydrogen) atoms. The lowest BCUT2D eigenvalue weighted by Gasteiger charge is -2.02. The summed E-state index contributed by atoms with van der Waals surface area (Å²) in [5.74, 6) is -1.21. The van der Waals surface area contributed by atoms with Gasteiger partial charge in [0.05, 0.1) is 11.8 Å². The second-order valence-corrected chi connectivity index (χ2v) is 3.88. The topological polar surface area (TPSA) is 67.8 Å². The summed E-state index contributed by atoms with van der Waals surface area (Å²) in [7, 11) is 0. The van der Waals surface area contributed by atoms with Gasteiger partial charge in [0.2, 0.25) is 5.13 Å². The molecule has 0 aromatic carbocycles. The van der Waals surface area contributed by atoms with Gasteiger partial charge in [0.25, 0.3) is 5.91 Å². The monoisotopic (exact) mass is 258 g/mol. The molecule has 2 heterocycles. The number of halogens is 2. The number of aromatic nitrogens is 3. The van der Waals surface area contributed by atoms with E-state index in [1.807, 2.05) is 0 Å². The largest absolute Gasteiger partial charge is 0.296 e. The Morgan fingerprint density at radius 2 is 2.38 bits per heavy atom. The van der Waals surface area contributed by atoms with Crippen molar-refractivity contribution in [2.75, 3.05) is 5.32 Å².